The lowest BCUT2D eigenvalue weighted by molar-refractivity contribution is -0.126. The Morgan fingerprint density at radius 1 is 1.00 bits per heavy atom. The molecule has 0 spiro atoms. The largest absolute Gasteiger partial charge is 0.394 e. The number of carbonyl (C=O) groups excluding carboxylic acids is 1. The summed E-state index contributed by atoms with van der Waals surface area (Å²) in [7, 11) is 0. The second-order valence-corrected chi connectivity index (χ2v) is 13.0. The van der Waals surface area contributed by atoms with Gasteiger partial charge in [0, 0.05) is 6.42 Å². The van der Waals surface area contributed by atoms with Crippen LogP contribution < -0.4 is 5.32 Å². The molecule has 31 heavy (non-hydrogen) atoms. The zero-order valence-electron chi connectivity index (χ0n) is 21.0. The summed E-state index contributed by atoms with van der Waals surface area (Å²) in [6.07, 6.45) is 14.0. The van der Waals surface area contributed by atoms with Crippen LogP contribution in [0, 0.1) is 52.3 Å². The van der Waals surface area contributed by atoms with Gasteiger partial charge in [0.15, 0.2) is 0 Å². The normalized spacial score (nSPS) is 46.0. The molecule has 3 aliphatic carbocycles. The molecule has 1 aliphatic heterocycles. The Morgan fingerprint density at radius 2 is 1.74 bits per heavy atom. The fourth-order valence-corrected chi connectivity index (χ4v) is 9.42. The van der Waals surface area contributed by atoms with E-state index in [-0.39, 0.29) is 24.0 Å². The van der Waals surface area contributed by atoms with Gasteiger partial charge in [-0.1, -0.05) is 53.9 Å². The Labute approximate surface area is 191 Å². The fraction of sp³-hybridized carbons (Fsp3) is 0.964. The number of rotatable bonds is 6. The van der Waals surface area contributed by atoms with Crippen LogP contribution in [0.25, 0.3) is 0 Å². The fourth-order valence-electron chi connectivity index (χ4n) is 9.42. The van der Waals surface area contributed by atoms with Crippen LogP contribution in [-0.2, 0) is 4.79 Å². The van der Waals surface area contributed by atoms with Crippen molar-refractivity contribution in [1.29, 1.82) is 0 Å². The van der Waals surface area contributed by atoms with Gasteiger partial charge < -0.3 is 10.4 Å². The molecule has 3 nitrogen and oxygen atoms in total. The van der Waals surface area contributed by atoms with Gasteiger partial charge in [-0.05, 0) is 97.2 Å². The molecule has 1 amide bonds. The first-order valence-electron chi connectivity index (χ1n) is 13.6. The van der Waals surface area contributed by atoms with Crippen molar-refractivity contribution in [2.45, 2.75) is 111 Å². The lowest BCUT2D eigenvalue weighted by Gasteiger charge is -2.59. The number of carbonyl (C=O) groups is 1. The number of hydrogen-bond acceptors (Lipinski definition) is 2. The molecular weight excluding hydrogens is 382 g/mol. The van der Waals surface area contributed by atoms with Gasteiger partial charge in [0.05, 0.1) is 12.6 Å². The molecular formula is C28H49NO2. The topological polar surface area (TPSA) is 49.3 Å². The molecule has 178 valence electrons. The van der Waals surface area contributed by atoms with Crippen molar-refractivity contribution in [2.24, 2.45) is 52.3 Å². The summed E-state index contributed by atoms with van der Waals surface area (Å²) in [5.41, 5.74) is 0.731. The van der Waals surface area contributed by atoms with E-state index in [1.165, 1.54) is 57.8 Å². The summed E-state index contributed by atoms with van der Waals surface area (Å²) in [6, 6.07) is -0.0492. The summed E-state index contributed by atoms with van der Waals surface area (Å²) in [5.74, 6) is 5.70. The molecule has 9 atom stereocenters. The number of amides is 1. The Bertz CT molecular complexity index is 647. The molecule has 4 rings (SSSR count). The zero-order chi connectivity index (χ0) is 22.4. The first kappa shape index (κ1) is 23.6. The second kappa shape index (κ2) is 8.99. The third-order valence-electron chi connectivity index (χ3n) is 11.0. The van der Waals surface area contributed by atoms with Crippen LogP contribution in [0.3, 0.4) is 0 Å². The summed E-state index contributed by atoms with van der Waals surface area (Å²) in [5, 5.41) is 13.0. The van der Waals surface area contributed by atoms with E-state index in [9.17, 15) is 9.90 Å². The molecule has 3 saturated carbocycles. The van der Waals surface area contributed by atoms with Gasteiger partial charge in [-0.3, -0.25) is 4.79 Å². The minimum atomic E-state index is -0.0492. The number of fused-ring (bicyclic) bond motifs is 5. The van der Waals surface area contributed by atoms with Crippen molar-refractivity contribution in [2.75, 3.05) is 6.61 Å². The number of hydrogen-bond donors (Lipinski definition) is 2. The molecule has 3 heteroatoms. The lowest BCUT2D eigenvalue weighted by Crippen LogP contribution is -2.53. The first-order valence-corrected chi connectivity index (χ1v) is 13.6. The van der Waals surface area contributed by atoms with Crippen molar-refractivity contribution < 1.29 is 9.90 Å². The maximum absolute atomic E-state index is 12.5. The maximum atomic E-state index is 12.5. The van der Waals surface area contributed by atoms with Crippen LogP contribution in [0.5, 0.6) is 0 Å². The summed E-state index contributed by atoms with van der Waals surface area (Å²) in [4.78, 5) is 12.5. The molecule has 0 aromatic heterocycles. The predicted octanol–water partition coefficient (Wildman–Crippen LogP) is 6.19. The Balaban J connectivity index is 1.50. The molecule has 4 fully saturated rings. The monoisotopic (exact) mass is 431 g/mol. The Hall–Kier alpha value is -0.570. The van der Waals surface area contributed by atoms with Gasteiger partial charge in [0.25, 0.3) is 0 Å². The standard InChI is InChI=1S/C28H49NO2/c1-18(2)7-6-8-19(3)23-11-12-24-22-10-9-20-15-26(31)29-21(17-30)16-28(20,5)25(22)13-14-27(23,24)4/h18-25,30H,6-17H2,1-5H3,(H,29,31)/t19?,20-,21-,22-,23+,24-,25-,27+,28-/m0/s1. The average Bonchev–Trinajstić information content (AvgIpc) is 2.99. The molecule has 4 aliphatic rings. The van der Waals surface area contributed by atoms with Gasteiger partial charge in [0.2, 0.25) is 5.91 Å². The van der Waals surface area contributed by atoms with E-state index in [4.69, 9.17) is 0 Å². The summed E-state index contributed by atoms with van der Waals surface area (Å²) in [6.45, 7) is 12.5. The molecule has 0 aromatic carbocycles. The van der Waals surface area contributed by atoms with E-state index in [2.05, 4.69) is 39.9 Å². The van der Waals surface area contributed by atoms with Gasteiger partial charge in [-0.25, -0.2) is 0 Å². The van der Waals surface area contributed by atoms with Crippen LogP contribution >= 0.6 is 0 Å². The molecule has 1 unspecified atom stereocenters. The van der Waals surface area contributed by atoms with Crippen molar-refractivity contribution in [1.82, 2.24) is 5.32 Å². The summed E-state index contributed by atoms with van der Waals surface area (Å²) >= 11 is 0. The third-order valence-corrected chi connectivity index (χ3v) is 11.0. The van der Waals surface area contributed by atoms with Crippen molar-refractivity contribution >= 4 is 5.91 Å². The second-order valence-electron chi connectivity index (χ2n) is 13.0. The van der Waals surface area contributed by atoms with Crippen molar-refractivity contribution in [3.63, 3.8) is 0 Å². The Morgan fingerprint density at radius 3 is 2.45 bits per heavy atom. The quantitative estimate of drug-likeness (QED) is 0.526. The maximum Gasteiger partial charge on any atom is 0.220 e. The molecule has 1 heterocycles. The number of nitrogens with one attached hydrogen (secondary N) is 1. The highest BCUT2D eigenvalue weighted by atomic mass is 16.3. The summed E-state index contributed by atoms with van der Waals surface area (Å²) < 4.78 is 0. The lowest BCUT2D eigenvalue weighted by atomic mass is 9.45. The smallest absolute Gasteiger partial charge is 0.220 e. The van der Waals surface area contributed by atoms with E-state index in [1.807, 2.05) is 0 Å². The molecule has 0 radical (unpaired) electrons. The zero-order valence-corrected chi connectivity index (χ0v) is 21.0. The van der Waals surface area contributed by atoms with Gasteiger partial charge in [0.1, 0.15) is 0 Å². The van der Waals surface area contributed by atoms with Crippen LogP contribution in [0.1, 0.15) is 105 Å². The van der Waals surface area contributed by atoms with Crippen molar-refractivity contribution in [3.8, 4) is 0 Å². The first-order chi connectivity index (χ1) is 14.7. The van der Waals surface area contributed by atoms with Crippen LogP contribution in [0.4, 0.5) is 0 Å². The number of aliphatic hydroxyl groups is 1. The highest BCUT2D eigenvalue weighted by molar-refractivity contribution is 5.77. The highest BCUT2D eigenvalue weighted by Crippen LogP contribution is 2.67. The third kappa shape index (κ3) is 4.22. The van der Waals surface area contributed by atoms with Crippen LogP contribution in [0.2, 0.25) is 0 Å². The van der Waals surface area contributed by atoms with Gasteiger partial charge >= 0.3 is 0 Å². The van der Waals surface area contributed by atoms with E-state index in [1.54, 1.807) is 0 Å². The Kier molecular flexibility index (Phi) is 6.84. The molecule has 1 saturated heterocycles. The van der Waals surface area contributed by atoms with Crippen LogP contribution in [0.15, 0.2) is 0 Å². The molecule has 2 N–H and O–H groups in total. The molecule has 0 bridgehead atoms. The van der Waals surface area contributed by atoms with Gasteiger partial charge in [-0.2, -0.15) is 0 Å². The van der Waals surface area contributed by atoms with E-state index in [0.717, 1.165) is 41.9 Å². The van der Waals surface area contributed by atoms with Crippen LogP contribution in [-0.4, -0.2) is 23.7 Å². The van der Waals surface area contributed by atoms with E-state index in [0.29, 0.717) is 17.8 Å². The van der Waals surface area contributed by atoms with E-state index < -0.39 is 0 Å². The van der Waals surface area contributed by atoms with E-state index >= 15 is 0 Å². The minimum absolute atomic E-state index is 0.0492. The van der Waals surface area contributed by atoms with Crippen molar-refractivity contribution in [3.05, 3.63) is 0 Å². The minimum Gasteiger partial charge on any atom is -0.394 e. The predicted molar refractivity (Wildman–Crippen MR) is 127 cm³/mol. The molecule has 0 aromatic rings. The highest BCUT2D eigenvalue weighted by Gasteiger charge is 2.60. The SMILES string of the molecule is CC(C)CCCC(C)[C@H]1CC[C@H]2[C@@H]3CC[C@H]4CC(=O)N[C@H](CO)C[C@]4(C)[C@H]3CC[C@]12C. The number of aliphatic hydroxyl groups excluding tert-OH is 1. The van der Waals surface area contributed by atoms with Gasteiger partial charge in [-0.15, -0.1) is 0 Å². The average molecular weight is 432 g/mol.